The lowest BCUT2D eigenvalue weighted by atomic mass is 10.1. The van der Waals surface area contributed by atoms with Crippen molar-refractivity contribution in [2.24, 2.45) is 17.8 Å². The molecule has 0 atom stereocenters. The van der Waals surface area contributed by atoms with Gasteiger partial charge in [0.05, 0.1) is 24.9 Å². The maximum Gasteiger partial charge on any atom is 0.216 e. The van der Waals surface area contributed by atoms with Crippen molar-refractivity contribution < 1.29 is 4.74 Å². The normalized spacial score (nSPS) is 11.1. The van der Waals surface area contributed by atoms with Crippen LogP contribution in [0.3, 0.4) is 0 Å². The molecule has 0 saturated heterocycles. The van der Waals surface area contributed by atoms with Crippen molar-refractivity contribution in [1.29, 1.82) is 0 Å². The number of anilines is 1. The van der Waals surface area contributed by atoms with Crippen LogP contribution in [0.4, 0.5) is 5.69 Å². The van der Waals surface area contributed by atoms with Crippen molar-refractivity contribution in [3.05, 3.63) is 40.6 Å². The zero-order chi connectivity index (χ0) is 16.3. The molecule has 0 fully saturated rings. The second kappa shape index (κ2) is 8.19. The Hall–Kier alpha value is -1.77. The first-order chi connectivity index (χ1) is 10.4. The van der Waals surface area contributed by atoms with Gasteiger partial charge in [-0.25, -0.2) is 9.67 Å². The Balaban J connectivity index is 0.00000264. The van der Waals surface area contributed by atoms with Crippen LogP contribution in [-0.2, 0) is 13.6 Å². The average molecular weight is 429 g/mol. The second-order valence-electron chi connectivity index (χ2n) is 5.32. The molecule has 3 N–H and O–H groups in total. The first kappa shape index (κ1) is 19.3. The molecule has 1 aromatic carbocycles. The highest BCUT2D eigenvalue weighted by atomic mass is 127. The summed E-state index contributed by atoms with van der Waals surface area (Å²) in [5, 5.41) is 7.43. The second-order valence-corrected chi connectivity index (χ2v) is 5.32. The third-order valence-electron chi connectivity index (χ3n) is 3.67. The van der Waals surface area contributed by atoms with Crippen molar-refractivity contribution in [3.63, 3.8) is 0 Å². The minimum atomic E-state index is 0. The van der Waals surface area contributed by atoms with E-state index in [9.17, 15) is 0 Å². The number of nitrogens with one attached hydrogen (secondary N) is 1. The number of hydrogen-bond acceptors (Lipinski definition) is 3. The molecular formula is C16H24IN5O. The standard InChI is InChI=1S/C16H23N5O.HI/c1-10-6-7-13(8-11(10)2)19-16(17)18-9-14-12(3)20-21(4)15(14)22-5;/h6-8H,9H2,1-5H3,(H3,17,18,19);1H. The number of ether oxygens (including phenoxy) is 1. The van der Waals surface area contributed by atoms with Crippen LogP contribution in [0.2, 0.25) is 0 Å². The molecule has 2 rings (SSSR count). The van der Waals surface area contributed by atoms with Crippen LogP contribution in [0, 0.1) is 20.8 Å². The summed E-state index contributed by atoms with van der Waals surface area (Å²) in [7, 11) is 3.47. The van der Waals surface area contributed by atoms with Gasteiger partial charge in [-0.1, -0.05) is 6.07 Å². The summed E-state index contributed by atoms with van der Waals surface area (Å²) in [6.45, 7) is 6.50. The average Bonchev–Trinajstić information content (AvgIpc) is 2.74. The topological polar surface area (TPSA) is 77.5 Å². The van der Waals surface area contributed by atoms with E-state index in [4.69, 9.17) is 10.5 Å². The fraction of sp³-hybridized carbons (Fsp3) is 0.375. The van der Waals surface area contributed by atoms with Gasteiger partial charge in [0.2, 0.25) is 5.88 Å². The molecular weight excluding hydrogens is 405 g/mol. The van der Waals surface area contributed by atoms with Gasteiger partial charge in [0, 0.05) is 12.7 Å². The fourth-order valence-corrected chi connectivity index (χ4v) is 2.29. The van der Waals surface area contributed by atoms with Gasteiger partial charge in [-0.05, 0) is 44.0 Å². The Kier molecular flexibility index (Phi) is 6.86. The predicted octanol–water partition coefficient (Wildman–Crippen LogP) is 2.90. The molecule has 23 heavy (non-hydrogen) atoms. The maximum absolute atomic E-state index is 5.96. The van der Waals surface area contributed by atoms with Crippen molar-refractivity contribution in [1.82, 2.24) is 9.78 Å². The van der Waals surface area contributed by atoms with Crippen LogP contribution in [0.15, 0.2) is 23.2 Å². The van der Waals surface area contributed by atoms with Gasteiger partial charge < -0.3 is 15.8 Å². The predicted molar refractivity (Wildman–Crippen MR) is 105 cm³/mol. The Morgan fingerprint density at radius 3 is 2.61 bits per heavy atom. The molecule has 1 aromatic heterocycles. The summed E-state index contributed by atoms with van der Waals surface area (Å²) in [5.74, 6) is 1.08. The molecule has 0 bridgehead atoms. The maximum atomic E-state index is 5.96. The van der Waals surface area contributed by atoms with Crippen LogP contribution < -0.4 is 15.8 Å². The number of aromatic nitrogens is 2. The number of nitrogens with two attached hydrogens (primary N) is 1. The molecule has 0 aliphatic rings. The lowest BCUT2D eigenvalue weighted by molar-refractivity contribution is 0.369. The van der Waals surface area contributed by atoms with Gasteiger partial charge in [-0.15, -0.1) is 24.0 Å². The molecule has 1 heterocycles. The molecule has 0 amide bonds. The van der Waals surface area contributed by atoms with Gasteiger partial charge in [-0.2, -0.15) is 5.10 Å². The van der Waals surface area contributed by atoms with E-state index in [0.717, 1.165) is 16.9 Å². The molecule has 0 saturated carbocycles. The van der Waals surface area contributed by atoms with Crippen molar-refractivity contribution >= 4 is 35.6 Å². The highest BCUT2D eigenvalue weighted by molar-refractivity contribution is 14.0. The van der Waals surface area contributed by atoms with Crippen LogP contribution in [0.1, 0.15) is 22.4 Å². The lowest BCUT2D eigenvalue weighted by Crippen LogP contribution is -2.22. The van der Waals surface area contributed by atoms with Gasteiger partial charge >= 0.3 is 0 Å². The largest absolute Gasteiger partial charge is 0.481 e. The van der Waals surface area contributed by atoms with E-state index < -0.39 is 0 Å². The monoisotopic (exact) mass is 429 g/mol. The number of nitrogens with zero attached hydrogens (tertiary/aromatic N) is 3. The van der Waals surface area contributed by atoms with E-state index in [1.807, 2.05) is 26.1 Å². The molecule has 0 radical (unpaired) electrons. The zero-order valence-corrected chi connectivity index (χ0v) is 16.5. The quantitative estimate of drug-likeness (QED) is 0.445. The highest BCUT2D eigenvalue weighted by Crippen LogP contribution is 2.21. The first-order valence-electron chi connectivity index (χ1n) is 7.13. The number of hydrogen-bond donors (Lipinski definition) is 2. The number of benzene rings is 1. The van der Waals surface area contributed by atoms with Crippen LogP contribution in [-0.4, -0.2) is 22.8 Å². The molecule has 2 aromatic rings. The van der Waals surface area contributed by atoms with Crippen molar-refractivity contribution in [2.75, 3.05) is 12.4 Å². The van der Waals surface area contributed by atoms with Crippen LogP contribution in [0.25, 0.3) is 0 Å². The minimum Gasteiger partial charge on any atom is -0.481 e. The molecule has 6 nitrogen and oxygen atoms in total. The van der Waals surface area contributed by atoms with E-state index in [2.05, 4.69) is 35.3 Å². The third-order valence-corrected chi connectivity index (χ3v) is 3.67. The van der Waals surface area contributed by atoms with Crippen molar-refractivity contribution in [3.8, 4) is 5.88 Å². The number of aryl methyl sites for hydroxylation is 4. The summed E-state index contributed by atoms with van der Waals surface area (Å²) in [5.41, 5.74) is 11.2. The van der Waals surface area contributed by atoms with E-state index in [1.165, 1.54) is 11.1 Å². The number of aliphatic imine (C=N–C) groups is 1. The molecule has 126 valence electrons. The smallest absolute Gasteiger partial charge is 0.216 e. The van der Waals surface area contributed by atoms with E-state index in [-0.39, 0.29) is 24.0 Å². The summed E-state index contributed by atoms with van der Waals surface area (Å²) in [4.78, 5) is 4.37. The SMILES string of the molecule is COc1c(CN=C(N)Nc2ccc(C)c(C)c2)c(C)nn1C.I. The van der Waals surface area contributed by atoms with Gasteiger partial charge in [0.25, 0.3) is 0 Å². The Labute approximate surface area is 154 Å². The Bertz CT molecular complexity index is 709. The lowest BCUT2D eigenvalue weighted by Gasteiger charge is -2.08. The van der Waals surface area contributed by atoms with E-state index >= 15 is 0 Å². The van der Waals surface area contributed by atoms with E-state index in [1.54, 1.807) is 11.8 Å². The van der Waals surface area contributed by atoms with Crippen LogP contribution >= 0.6 is 24.0 Å². The molecule has 0 aliphatic heterocycles. The summed E-state index contributed by atoms with van der Waals surface area (Å²) in [6, 6.07) is 6.09. The number of methoxy groups -OCH3 is 1. The number of rotatable bonds is 4. The van der Waals surface area contributed by atoms with Crippen LogP contribution in [0.5, 0.6) is 5.88 Å². The van der Waals surface area contributed by atoms with Crippen molar-refractivity contribution in [2.45, 2.75) is 27.3 Å². The molecule has 0 spiro atoms. The zero-order valence-electron chi connectivity index (χ0n) is 14.2. The third kappa shape index (κ3) is 4.60. The van der Waals surface area contributed by atoms with Gasteiger partial charge in [0.15, 0.2) is 5.96 Å². The van der Waals surface area contributed by atoms with Gasteiger partial charge in [-0.3, -0.25) is 0 Å². The minimum absolute atomic E-state index is 0. The molecule has 0 aliphatic carbocycles. The summed E-state index contributed by atoms with van der Waals surface area (Å²) in [6.07, 6.45) is 0. The van der Waals surface area contributed by atoms with E-state index in [0.29, 0.717) is 18.4 Å². The summed E-state index contributed by atoms with van der Waals surface area (Å²) < 4.78 is 7.05. The highest BCUT2D eigenvalue weighted by Gasteiger charge is 2.13. The first-order valence-corrected chi connectivity index (χ1v) is 7.13. The Morgan fingerprint density at radius 2 is 2.00 bits per heavy atom. The molecule has 0 unspecified atom stereocenters. The number of halogens is 1. The molecule has 7 heteroatoms. The Morgan fingerprint density at radius 1 is 1.30 bits per heavy atom. The number of guanidine groups is 1. The van der Waals surface area contributed by atoms with Gasteiger partial charge in [0.1, 0.15) is 0 Å². The summed E-state index contributed by atoms with van der Waals surface area (Å²) >= 11 is 0. The fourth-order valence-electron chi connectivity index (χ4n) is 2.29.